The highest BCUT2D eigenvalue weighted by Gasteiger charge is 2.23. The van der Waals surface area contributed by atoms with Crippen LogP contribution in [0.2, 0.25) is 0 Å². The van der Waals surface area contributed by atoms with Gasteiger partial charge >= 0.3 is 0 Å². The molecule has 20 heavy (non-hydrogen) atoms. The number of imidazole rings is 1. The van der Waals surface area contributed by atoms with Gasteiger partial charge in [0.15, 0.2) is 0 Å². The zero-order chi connectivity index (χ0) is 14.4. The first-order chi connectivity index (χ1) is 9.66. The summed E-state index contributed by atoms with van der Waals surface area (Å²) in [5.41, 5.74) is 0. The molecule has 0 saturated heterocycles. The normalized spacial score (nSPS) is 24.0. The molecular weight excluding hydrogens is 246 g/mol. The van der Waals surface area contributed by atoms with Crippen LogP contribution in [0.25, 0.3) is 0 Å². The molecule has 1 aliphatic rings. The van der Waals surface area contributed by atoms with E-state index in [-0.39, 0.29) is 0 Å². The average Bonchev–Trinajstić information content (AvgIpc) is 2.70. The van der Waals surface area contributed by atoms with E-state index in [1.54, 1.807) is 0 Å². The van der Waals surface area contributed by atoms with E-state index < -0.39 is 0 Å². The fourth-order valence-electron chi connectivity index (χ4n) is 3.45. The predicted octanol–water partition coefficient (Wildman–Crippen LogP) is 3.55. The number of nitrogens with zero attached hydrogens (tertiary/aromatic N) is 2. The van der Waals surface area contributed by atoms with Gasteiger partial charge in [0.1, 0.15) is 5.82 Å². The quantitative estimate of drug-likeness (QED) is 0.806. The molecular formula is C17H31N3. The molecule has 114 valence electrons. The first-order valence-electron chi connectivity index (χ1n) is 8.36. The molecule has 0 radical (unpaired) electrons. The first kappa shape index (κ1) is 15.6. The Morgan fingerprint density at radius 1 is 1.25 bits per heavy atom. The Morgan fingerprint density at radius 3 is 2.65 bits per heavy atom. The van der Waals surface area contributed by atoms with Crippen molar-refractivity contribution >= 4 is 0 Å². The Balaban J connectivity index is 1.88. The van der Waals surface area contributed by atoms with Crippen LogP contribution in [-0.4, -0.2) is 22.1 Å². The van der Waals surface area contributed by atoms with Crippen LogP contribution in [0.1, 0.15) is 58.2 Å². The Hall–Kier alpha value is -0.830. The minimum Gasteiger partial charge on any atom is -0.338 e. The summed E-state index contributed by atoms with van der Waals surface area (Å²) in [7, 11) is 2.10. The lowest BCUT2D eigenvalue weighted by Crippen LogP contribution is -2.32. The Bertz CT molecular complexity index is 383. The number of rotatable bonds is 6. The topological polar surface area (TPSA) is 29.9 Å². The molecule has 0 spiro atoms. The van der Waals surface area contributed by atoms with Crippen LogP contribution in [0, 0.1) is 11.8 Å². The molecule has 0 amide bonds. The summed E-state index contributed by atoms with van der Waals surface area (Å²) < 4.78 is 2.16. The maximum absolute atomic E-state index is 4.47. The van der Waals surface area contributed by atoms with Gasteiger partial charge in [-0.3, -0.25) is 0 Å². The van der Waals surface area contributed by atoms with E-state index in [1.165, 1.54) is 50.9 Å². The van der Waals surface area contributed by atoms with Crippen molar-refractivity contribution in [1.29, 1.82) is 0 Å². The van der Waals surface area contributed by atoms with Gasteiger partial charge in [-0.25, -0.2) is 4.98 Å². The van der Waals surface area contributed by atoms with Gasteiger partial charge in [-0.05, 0) is 31.2 Å². The van der Waals surface area contributed by atoms with Gasteiger partial charge in [-0.1, -0.05) is 39.5 Å². The van der Waals surface area contributed by atoms with Gasteiger partial charge in [0.25, 0.3) is 0 Å². The van der Waals surface area contributed by atoms with Crippen molar-refractivity contribution in [1.82, 2.24) is 14.9 Å². The number of nitrogens with one attached hydrogen (secondary N) is 1. The molecule has 2 rings (SSSR count). The van der Waals surface area contributed by atoms with Gasteiger partial charge in [0.2, 0.25) is 0 Å². The van der Waals surface area contributed by atoms with Crippen molar-refractivity contribution in [3.8, 4) is 0 Å². The lowest BCUT2D eigenvalue weighted by molar-refractivity contribution is 0.276. The molecule has 1 aliphatic carbocycles. The van der Waals surface area contributed by atoms with Crippen LogP contribution in [0.4, 0.5) is 0 Å². The van der Waals surface area contributed by atoms with Crippen LogP contribution in [0.3, 0.4) is 0 Å². The largest absolute Gasteiger partial charge is 0.338 e. The minimum atomic E-state index is 0.605. The molecule has 1 saturated carbocycles. The Morgan fingerprint density at radius 2 is 2.00 bits per heavy atom. The molecule has 1 N–H and O–H groups in total. The second-order valence-electron chi connectivity index (χ2n) is 6.71. The zero-order valence-electron chi connectivity index (χ0n) is 13.4. The second kappa shape index (κ2) is 7.82. The third-order valence-electron chi connectivity index (χ3n) is 4.76. The molecule has 0 aromatic carbocycles. The van der Waals surface area contributed by atoms with E-state index in [2.05, 4.69) is 42.0 Å². The van der Waals surface area contributed by atoms with Crippen molar-refractivity contribution in [2.75, 3.05) is 6.54 Å². The van der Waals surface area contributed by atoms with Gasteiger partial charge in [0.05, 0.1) is 0 Å². The van der Waals surface area contributed by atoms with E-state index >= 15 is 0 Å². The number of aryl methyl sites for hydroxylation is 2. The standard InChI is InChI=1S/C17H31N3/c1-14(2)19-13-16-8-6-4-5-7-15(16)9-10-17-18-11-12-20(17)3/h11-12,14-16,19H,4-10,13H2,1-3H3. The molecule has 1 aromatic rings. The maximum atomic E-state index is 4.47. The molecule has 2 atom stereocenters. The van der Waals surface area contributed by atoms with Gasteiger partial charge in [-0.2, -0.15) is 0 Å². The summed E-state index contributed by atoms with van der Waals surface area (Å²) >= 11 is 0. The zero-order valence-corrected chi connectivity index (χ0v) is 13.4. The fraction of sp³-hybridized carbons (Fsp3) is 0.824. The average molecular weight is 277 g/mol. The summed E-state index contributed by atoms with van der Waals surface area (Å²) in [5.74, 6) is 2.98. The van der Waals surface area contributed by atoms with Gasteiger partial charge < -0.3 is 9.88 Å². The van der Waals surface area contributed by atoms with Crippen molar-refractivity contribution in [3.05, 3.63) is 18.2 Å². The highest BCUT2D eigenvalue weighted by atomic mass is 15.0. The highest BCUT2D eigenvalue weighted by molar-refractivity contribution is 4.92. The van der Waals surface area contributed by atoms with E-state index in [0.717, 1.165) is 18.3 Å². The first-order valence-corrected chi connectivity index (χ1v) is 8.36. The van der Waals surface area contributed by atoms with Crippen molar-refractivity contribution in [2.24, 2.45) is 18.9 Å². The van der Waals surface area contributed by atoms with Crippen LogP contribution < -0.4 is 5.32 Å². The van der Waals surface area contributed by atoms with E-state index in [4.69, 9.17) is 0 Å². The molecule has 1 heterocycles. The van der Waals surface area contributed by atoms with Crippen LogP contribution in [0.15, 0.2) is 12.4 Å². The molecule has 3 heteroatoms. The van der Waals surface area contributed by atoms with E-state index in [1.807, 2.05) is 6.20 Å². The third kappa shape index (κ3) is 4.62. The van der Waals surface area contributed by atoms with Gasteiger partial charge in [0, 0.05) is 31.9 Å². The smallest absolute Gasteiger partial charge is 0.108 e. The summed E-state index contributed by atoms with van der Waals surface area (Å²) in [6.45, 7) is 5.70. The molecule has 1 aromatic heterocycles. The summed E-state index contributed by atoms with van der Waals surface area (Å²) in [4.78, 5) is 4.47. The highest BCUT2D eigenvalue weighted by Crippen LogP contribution is 2.31. The SMILES string of the molecule is CC(C)NCC1CCCCCC1CCc1nccn1C. The lowest BCUT2D eigenvalue weighted by Gasteiger charge is -2.26. The molecule has 0 aliphatic heterocycles. The van der Waals surface area contributed by atoms with Crippen molar-refractivity contribution in [2.45, 2.75) is 64.8 Å². The lowest BCUT2D eigenvalue weighted by atomic mass is 9.84. The third-order valence-corrected chi connectivity index (χ3v) is 4.76. The predicted molar refractivity (Wildman–Crippen MR) is 84.7 cm³/mol. The van der Waals surface area contributed by atoms with Crippen LogP contribution in [0.5, 0.6) is 0 Å². The number of aromatic nitrogens is 2. The maximum Gasteiger partial charge on any atom is 0.108 e. The minimum absolute atomic E-state index is 0.605. The van der Waals surface area contributed by atoms with Crippen LogP contribution >= 0.6 is 0 Å². The van der Waals surface area contributed by atoms with E-state index in [9.17, 15) is 0 Å². The van der Waals surface area contributed by atoms with Crippen molar-refractivity contribution < 1.29 is 0 Å². The molecule has 2 unspecified atom stereocenters. The fourth-order valence-corrected chi connectivity index (χ4v) is 3.45. The van der Waals surface area contributed by atoms with Crippen LogP contribution in [-0.2, 0) is 13.5 Å². The monoisotopic (exact) mass is 277 g/mol. The second-order valence-corrected chi connectivity index (χ2v) is 6.71. The van der Waals surface area contributed by atoms with E-state index in [0.29, 0.717) is 6.04 Å². The Labute approximate surface area is 124 Å². The van der Waals surface area contributed by atoms with Crippen molar-refractivity contribution in [3.63, 3.8) is 0 Å². The number of hydrogen-bond donors (Lipinski definition) is 1. The Kier molecular flexibility index (Phi) is 6.08. The number of hydrogen-bond acceptors (Lipinski definition) is 2. The summed E-state index contributed by atoms with van der Waals surface area (Å²) in [6, 6.07) is 0.605. The van der Waals surface area contributed by atoms with Gasteiger partial charge in [-0.15, -0.1) is 0 Å². The molecule has 0 bridgehead atoms. The summed E-state index contributed by atoms with van der Waals surface area (Å²) in [5, 5.41) is 3.66. The molecule has 3 nitrogen and oxygen atoms in total. The summed E-state index contributed by atoms with van der Waals surface area (Å²) in [6.07, 6.45) is 13.5. The molecule has 1 fully saturated rings.